The van der Waals surface area contributed by atoms with Crippen molar-refractivity contribution in [2.45, 2.75) is 31.9 Å². The van der Waals surface area contributed by atoms with E-state index < -0.39 is 66.1 Å². The third-order valence-corrected chi connectivity index (χ3v) is 17.1. The number of rotatable bonds is 13. The zero-order valence-electron chi connectivity index (χ0n) is 28.9. The van der Waals surface area contributed by atoms with Crippen molar-refractivity contribution in [1.29, 1.82) is 0 Å². The molecule has 0 bridgehead atoms. The first-order valence-corrected chi connectivity index (χ1v) is 25.1. The van der Waals surface area contributed by atoms with Gasteiger partial charge >= 0.3 is 0 Å². The van der Waals surface area contributed by atoms with Crippen molar-refractivity contribution in [1.82, 2.24) is 0 Å². The predicted molar refractivity (Wildman–Crippen MR) is 217 cm³/mol. The number of hydrogen-bond donors (Lipinski definition) is 4. The summed E-state index contributed by atoms with van der Waals surface area (Å²) in [5.74, 6) is 0. The molecule has 56 heavy (non-hydrogen) atoms. The summed E-state index contributed by atoms with van der Waals surface area (Å²) in [5.41, 5.74) is 1.25. The van der Waals surface area contributed by atoms with Gasteiger partial charge in [-0.1, -0.05) is 97.1 Å². The standard InChI is InChI=1S/C38H32O12P2S4/c39-53(40,41)33-15-7-13-31(21-33)51(29-9-3-1-4-10-29)25-27-17-19-35(55(45,46)47)23-37(27)38-24-36(56(48,49)50)20-18-28(38)26-52(30-11-5-2-6-12-30)32-14-8-16-34(22-32)54(42,43)44/h1-24H,25-26H2,(H,39,40,41)(H,42,43,44)(H,45,46,47)(H,48,49,50). The zero-order chi connectivity index (χ0) is 40.5. The van der Waals surface area contributed by atoms with Crippen LogP contribution in [0.3, 0.4) is 0 Å². The third-order valence-electron chi connectivity index (χ3n) is 8.70. The van der Waals surface area contributed by atoms with Crippen LogP contribution in [0.2, 0.25) is 0 Å². The summed E-state index contributed by atoms with van der Waals surface area (Å²) in [6, 6.07) is 37.3. The lowest BCUT2D eigenvalue weighted by Gasteiger charge is -2.24. The van der Waals surface area contributed by atoms with Gasteiger partial charge in [-0.15, -0.1) is 0 Å². The van der Waals surface area contributed by atoms with Crippen LogP contribution in [0.1, 0.15) is 11.1 Å². The molecule has 12 nitrogen and oxygen atoms in total. The maximum absolute atomic E-state index is 12.6. The number of hydrogen-bond acceptors (Lipinski definition) is 8. The van der Waals surface area contributed by atoms with Crippen LogP contribution in [0.15, 0.2) is 165 Å². The van der Waals surface area contributed by atoms with E-state index in [1.807, 2.05) is 24.3 Å². The molecule has 0 aromatic heterocycles. The van der Waals surface area contributed by atoms with E-state index in [9.17, 15) is 51.9 Å². The minimum absolute atomic E-state index is 0.120. The van der Waals surface area contributed by atoms with Crippen LogP contribution in [-0.4, -0.2) is 51.9 Å². The van der Waals surface area contributed by atoms with Gasteiger partial charge in [-0.3, -0.25) is 18.2 Å². The topological polar surface area (TPSA) is 217 Å². The Labute approximate surface area is 327 Å². The molecule has 0 radical (unpaired) electrons. The smallest absolute Gasteiger partial charge is 0.282 e. The second-order valence-corrected chi connectivity index (χ2v) is 22.5. The Hall–Kier alpha value is -4.18. The highest BCUT2D eigenvalue weighted by Crippen LogP contribution is 2.45. The van der Waals surface area contributed by atoms with Gasteiger partial charge in [0, 0.05) is 12.3 Å². The summed E-state index contributed by atoms with van der Waals surface area (Å²) in [5, 5.41) is 2.62. The van der Waals surface area contributed by atoms with Gasteiger partial charge in [0.15, 0.2) is 0 Å². The van der Waals surface area contributed by atoms with Crippen LogP contribution in [0.5, 0.6) is 0 Å². The Balaban J connectivity index is 1.60. The quantitative estimate of drug-likeness (QED) is 0.0824. The van der Waals surface area contributed by atoms with Crippen molar-refractivity contribution in [2.24, 2.45) is 0 Å². The van der Waals surface area contributed by atoms with E-state index in [4.69, 9.17) is 0 Å². The first kappa shape index (κ1) is 41.5. The molecule has 6 aromatic rings. The second kappa shape index (κ2) is 16.4. The Kier molecular flexibility index (Phi) is 12.1. The average molecular weight is 871 g/mol. The molecule has 0 aliphatic carbocycles. The van der Waals surface area contributed by atoms with Gasteiger partial charge in [0.1, 0.15) is 0 Å². The van der Waals surface area contributed by atoms with Crippen molar-refractivity contribution in [3.63, 3.8) is 0 Å². The van der Waals surface area contributed by atoms with Crippen LogP contribution >= 0.6 is 15.8 Å². The Morgan fingerprint density at radius 1 is 0.339 bits per heavy atom. The molecule has 0 aliphatic heterocycles. The lowest BCUT2D eigenvalue weighted by atomic mass is 9.96. The van der Waals surface area contributed by atoms with E-state index in [-0.39, 0.29) is 33.2 Å². The van der Waals surface area contributed by atoms with Crippen LogP contribution in [-0.2, 0) is 52.8 Å². The van der Waals surface area contributed by atoms with Crippen LogP contribution in [0.25, 0.3) is 11.1 Å². The highest BCUT2D eigenvalue weighted by atomic mass is 32.2. The lowest BCUT2D eigenvalue weighted by Crippen LogP contribution is -2.16. The maximum Gasteiger partial charge on any atom is 0.294 e. The summed E-state index contributed by atoms with van der Waals surface area (Å²) in [7, 11) is -21.8. The van der Waals surface area contributed by atoms with Gasteiger partial charge in [0.05, 0.1) is 19.6 Å². The maximum atomic E-state index is 12.6. The molecule has 4 N–H and O–H groups in total. The summed E-state index contributed by atoms with van der Waals surface area (Å²) in [4.78, 5) is -1.70. The molecule has 290 valence electrons. The molecule has 0 saturated heterocycles. The van der Waals surface area contributed by atoms with E-state index in [1.54, 1.807) is 48.5 Å². The normalized spacial score (nSPS) is 13.6. The van der Waals surface area contributed by atoms with E-state index in [1.165, 1.54) is 72.8 Å². The highest BCUT2D eigenvalue weighted by Gasteiger charge is 2.26. The minimum atomic E-state index is -4.82. The first-order valence-electron chi connectivity index (χ1n) is 16.3. The molecule has 0 spiro atoms. The zero-order valence-corrected chi connectivity index (χ0v) is 33.9. The molecule has 0 aliphatic rings. The molecule has 6 aromatic carbocycles. The van der Waals surface area contributed by atoms with Gasteiger partial charge in [-0.05, 0) is 108 Å². The molecular formula is C38H32O12P2S4. The van der Waals surface area contributed by atoms with Gasteiger partial charge < -0.3 is 0 Å². The summed E-state index contributed by atoms with van der Waals surface area (Å²) in [6.07, 6.45) is 0.240. The monoisotopic (exact) mass is 870 g/mol. The lowest BCUT2D eigenvalue weighted by molar-refractivity contribution is 0.481. The van der Waals surface area contributed by atoms with E-state index in [2.05, 4.69) is 0 Å². The largest absolute Gasteiger partial charge is 0.294 e. The Morgan fingerprint density at radius 3 is 0.964 bits per heavy atom. The van der Waals surface area contributed by atoms with E-state index >= 15 is 0 Å². The Morgan fingerprint density at radius 2 is 0.643 bits per heavy atom. The van der Waals surface area contributed by atoms with Crippen molar-refractivity contribution in [3.05, 3.63) is 157 Å². The molecular weight excluding hydrogens is 839 g/mol. The van der Waals surface area contributed by atoms with Gasteiger partial charge in [-0.2, -0.15) is 33.7 Å². The van der Waals surface area contributed by atoms with Crippen LogP contribution < -0.4 is 21.2 Å². The minimum Gasteiger partial charge on any atom is -0.282 e. The average Bonchev–Trinajstić information content (AvgIpc) is 3.15. The van der Waals surface area contributed by atoms with Crippen molar-refractivity contribution < 1.29 is 51.9 Å². The highest BCUT2D eigenvalue weighted by molar-refractivity contribution is 7.86. The molecule has 2 atom stereocenters. The van der Waals surface area contributed by atoms with Crippen molar-refractivity contribution in [2.75, 3.05) is 0 Å². The summed E-state index contributed by atoms with van der Waals surface area (Å²) in [6.45, 7) is 0. The fourth-order valence-electron chi connectivity index (χ4n) is 6.05. The van der Waals surface area contributed by atoms with Crippen molar-refractivity contribution >= 4 is 77.5 Å². The van der Waals surface area contributed by atoms with Gasteiger partial charge in [0.2, 0.25) is 0 Å². The molecule has 0 fully saturated rings. The van der Waals surface area contributed by atoms with Crippen molar-refractivity contribution in [3.8, 4) is 11.1 Å². The SMILES string of the molecule is O=S(=O)(O)c1cccc(P(Cc2ccc(S(=O)(=O)O)cc2-c2cc(S(=O)(=O)O)ccc2CP(c2ccccc2)c2cccc(S(=O)(=O)O)c2)c2ccccc2)c1. The predicted octanol–water partition coefficient (Wildman–Crippen LogP) is 5.61. The summed E-state index contributed by atoms with van der Waals surface area (Å²) >= 11 is 0. The molecule has 0 heterocycles. The molecule has 0 saturated carbocycles. The van der Waals surface area contributed by atoms with E-state index in [0.29, 0.717) is 21.7 Å². The van der Waals surface area contributed by atoms with Crippen LogP contribution in [0.4, 0.5) is 0 Å². The van der Waals surface area contributed by atoms with Crippen LogP contribution in [0, 0.1) is 0 Å². The number of benzene rings is 6. The fraction of sp³-hybridized carbons (Fsp3) is 0.0526. The molecule has 18 heteroatoms. The molecule has 0 amide bonds. The van der Waals surface area contributed by atoms with Gasteiger partial charge in [0.25, 0.3) is 40.5 Å². The third kappa shape index (κ3) is 9.85. The molecule has 6 rings (SSSR count). The summed E-state index contributed by atoms with van der Waals surface area (Å²) < 4.78 is 139. The fourth-order valence-corrected chi connectivity index (χ4v) is 13.0. The Bertz CT molecular complexity index is 2680. The molecule has 2 unspecified atom stereocenters. The first-order chi connectivity index (χ1) is 26.3. The second-order valence-electron chi connectivity index (χ2n) is 12.4. The van der Waals surface area contributed by atoms with E-state index in [0.717, 1.165) is 10.6 Å². The van der Waals surface area contributed by atoms with Gasteiger partial charge in [-0.25, -0.2) is 0 Å².